The Bertz CT molecular complexity index is 460. The van der Waals surface area contributed by atoms with E-state index in [1.54, 1.807) is 0 Å². The minimum absolute atomic E-state index is 0.984. The number of hydrogen-bond acceptors (Lipinski definition) is 3. The third-order valence-corrected chi connectivity index (χ3v) is 4.84. The largest absolute Gasteiger partial charge is 0.369 e. The van der Waals surface area contributed by atoms with E-state index in [2.05, 4.69) is 47.2 Å². The maximum absolute atomic E-state index is 3.41. The van der Waals surface area contributed by atoms with Gasteiger partial charge in [0.1, 0.15) is 0 Å². The Labute approximate surface area is 129 Å². The van der Waals surface area contributed by atoms with Crippen LogP contribution < -0.4 is 10.2 Å². The first-order chi connectivity index (χ1) is 10.3. The highest BCUT2D eigenvalue weighted by atomic mass is 15.3. The summed E-state index contributed by atoms with van der Waals surface area (Å²) in [7, 11) is 0. The maximum atomic E-state index is 3.41. The number of rotatable bonds is 6. The molecular formula is C18H29N3. The van der Waals surface area contributed by atoms with Gasteiger partial charge in [-0.15, -0.1) is 0 Å². The fourth-order valence-electron chi connectivity index (χ4n) is 3.19. The minimum atomic E-state index is 0.984. The number of piperazine rings is 1. The Morgan fingerprint density at radius 3 is 2.52 bits per heavy atom. The molecule has 21 heavy (non-hydrogen) atoms. The Hall–Kier alpha value is -1.06. The fraction of sp³-hybridized carbons (Fsp3) is 0.667. The van der Waals surface area contributed by atoms with Crippen molar-refractivity contribution in [3.8, 4) is 0 Å². The molecule has 1 saturated carbocycles. The smallest absolute Gasteiger partial charge is 0.0369 e. The summed E-state index contributed by atoms with van der Waals surface area (Å²) in [6.45, 7) is 12.6. The van der Waals surface area contributed by atoms with Crippen LogP contribution in [0.2, 0.25) is 0 Å². The molecule has 1 N–H and O–H groups in total. The van der Waals surface area contributed by atoms with E-state index in [-0.39, 0.29) is 0 Å². The van der Waals surface area contributed by atoms with E-state index in [1.165, 1.54) is 62.4 Å². The van der Waals surface area contributed by atoms with Crippen LogP contribution in [0.25, 0.3) is 0 Å². The molecule has 0 atom stereocenters. The Morgan fingerprint density at radius 2 is 1.90 bits per heavy atom. The van der Waals surface area contributed by atoms with E-state index in [0.29, 0.717) is 0 Å². The maximum Gasteiger partial charge on any atom is 0.0369 e. The van der Waals surface area contributed by atoms with Crippen LogP contribution in [-0.2, 0) is 6.54 Å². The monoisotopic (exact) mass is 287 g/mol. The predicted octanol–water partition coefficient (Wildman–Crippen LogP) is 2.64. The highest BCUT2D eigenvalue weighted by Gasteiger charge is 2.26. The number of benzene rings is 1. The molecule has 0 spiro atoms. The minimum Gasteiger partial charge on any atom is -0.369 e. The summed E-state index contributed by atoms with van der Waals surface area (Å²) in [4.78, 5) is 5.20. The van der Waals surface area contributed by atoms with E-state index in [1.807, 2.05) is 0 Å². The standard InChI is InChI=1S/C18H29N3/c1-3-19-13-17-6-7-18(12-15(17)2)21-10-8-20(9-11-21)14-16-4-5-16/h6-7,12,16,19H,3-5,8-11,13-14H2,1-2H3. The molecule has 0 amide bonds. The van der Waals surface area contributed by atoms with Gasteiger partial charge in [-0.1, -0.05) is 13.0 Å². The summed E-state index contributed by atoms with van der Waals surface area (Å²) in [5.41, 5.74) is 4.24. The van der Waals surface area contributed by atoms with Crippen molar-refractivity contribution in [3.63, 3.8) is 0 Å². The van der Waals surface area contributed by atoms with Crippen molar-refractivity contribution >= 4 is 5.69 Å². The van der Waals surface area contributed by atoms with Gasteiger partial charge in [-0.3, -0.25) is 4.90 Å². The van der Waals surface area contributed by atoms with Crippen LogP contribution in [0, 0.1) is 12.8 Å². The quantitative estimate of drug-likeness (QED) is 0.868. The van der Waals surface area contributed by atoms with Gasteiger partial charge in [0.25, 0.3) is 0 Å². The van der Waals surface area contributed by atoms with E-state index in [4.69, 9.17) is 0 Å². The first kappa shape index (κ1) is 14.9. The highest BCUT2D eigenvalue weighted by Crippen LogP contribution is 2.30. The van der Waals surface area contributed by atoms with Crippen LogP contribution in [0.5, 0.6) is 0 Å². The predicted molar refractivity (Wildman–Crippen MR) is 89.9 cm³/mol. The molecule has 0 radical (unpaired) electrons. The number of aryl methyl sites for hydroxylation is 1. The van der Waals surface area contributed by atoms with Crippen LogP contribution in [0.15, 0.2) is 18.2 Å². The molecule has 1 heterocycles. The SMILES string of the molecule is CCNCc1ccc(N2CCN(CC3CC3)CC2)cc1C. The third-order valence-electron chi connectivity index (χ3n) is 4.84. The highest BCUT2D eigenvalue weighted by molar-refractivity contribution is 5.51. The number of anilines is 1. The molecule has 3 rings (SSSR count). The lowest BCUT2D eigenvalue weighted by molar-refractivity contribution is 0.248. The van der Waals surface area contributed by atoms with Crippen molar-refractivity contribution in [2.75, 3.05) is 44.2 Å². The van der Waals surface area contributed by atoms with Crippen molar-refractivity contribution in [2.45, 2.75) is 33.2 Å². The summed E-state index contributed by atoms with van der Waals surface area (Å²) >= 11 is 0. The molecule has 1 saturated heterocycles. The second-order valence-electron chi connectivity index (χ2n) is 6.62. The molecule has 0 aromatic heterocycles. The van der Waals surface area contributed by atoms with Crippen LogP contribution >= 0.6 is 0 Å². The summed E-state index contributed by atoms with van der Waals surface area (Å²) < 4.78 is 0. The lowest BCUT2D eigenvalue weighted by Gasteiger charge is -2.36. The van der Waals surface area contributed by atoms with Crippen molar-refractivity contribution in [1.82, 2.24) is 10.2 Å². The zero-order chi connectivity index (χ0) is 14.7. The van der Waals surface area contributed by atoms with Gasteiger partial charge in [0, 0.05) is 45.0 Å². The summed E-state index contributed by atoms with van der Waals surface area (Å²) in [5.74, 6) is 1.02. The molecule has 0 unspecified atom stereocenters. The average Bonchev–Trinajstić information content (AvgIpc) is 3.31. The van der Waals surface area contributed by atoms with Crippen molar-refractivity contribution < 1.29 is 0 Å². The van der Waals surface area contributed by atoms with Crippen LogP contribution in [-0.4, -0.2) is 44.2 Å². The first-order valence-corrected chi connectivity index (χ1v) is 8.54. The van der Waals surface area contributed by atoms with Crippen LogP contribution in [0.3, 0.4) is 0 Å². The lowest BCUT2D eigenvalue weighted by Crippen LogP contribution is -2.47. The molecule has 116 valence electrons. The fourth-order valence-corrected chi connectivity index (χ4v) is 3.19. The molecular weight excluding hydrogens is 258 g/mol. The Balaban J connectivity index is 1.55. The normalized spacial score (nSPS) is 20.0. The topological polar surface area (TPSA) is 18.5 Å². The molecule has 1 aromatic rings. The lowest BCUT2D eigenvalue weighted by atomic mass is 10.1. The molecule has 1 aliphatic heterocycles. The average molecular weight is 287 g/mol. The second-order valence-corrected chi connectivity index (χ2v) is 6.62. The Kier molecular flexibility index (Phi) is 4.81. The molecule has 1 aromatic carbocycles. The van der Waals surface area contributed by atoms with Gasteiger partial charge in [-0.2, -0.15) is 0 Å². The number of nitrogens with zero attached hydrogens (tertiary/aromatic N) is 2. The van der Waals surface area contributed by atoms with E-state index >= 15 is 0 Å². The molecule has 0 bridgehead atoms. The molecule has 3 heteroatoms. The zero-order valence-corrected chi connectivity index (χ0v) is 13.6. The van der Waals surface area contributed by atoms with Gasteiger partial charge >= 0.3 is 0 Å². The summed E-state index contributed by atoms with van der Waals surface area (Å²) in [5, 5.41) is 3.41. The van der Waals surface area contributed by atoms with Gasteiger partial charge in [-0.05, 0) is 55.5 Å². The van der Waals surface area contributed by atoms with Crippen molar-refractivity contribution in [2.24, 2.45) is 5.92 Å². The number of nitrogens with one attached hydrogen (secondary N) is 1. The van der Waals surface area contributed by atoms with E-state index in [0.717, 1.165) is 19.0 Å². The van der Waals surface area contributed by atoms with Gasteiger partial charge in [0.2, 0.25) is 0 Å². The number of hydrogen-bond donors (Lipinski definition) is 1. The summed E-state index contributed by atoms with van der Waals surface area (Å²) in [6, 6.07) is 6.96. The van der Waals surface area contributed by atoms with Crippen molar-refractivity contribution in [3.05, 3.63) is 29.3 Å². The van der Waals surface area contributed by atoms with Gasteiger partial charge in [-0.25, -0.2) is 0 Å². The zero-order valence-electron chi connectivity index (χ0n) is 13.6. The van der Waals surface area contributed by atoms with Crippen molar-refractivity contribution in [1.29, 1.82) is 0 Å². The second kappa shape index (κ2) is 6.80. The summed E-state index contributed by atoms with van der Waals surface area (Å²) in [6.07, 6.45) is 2.93. The van der Waals surface area contributed by atoms with Gasteiger partial charge in [0.15, 0.2) is 0 Å². The van der Waals surface area contributed by atoms with Gasteiger partial charge in [0.05, 0.1) is 0 Å². The molecule has 3 nitrogen and oxygen atoms in total. The third kappa shape index (κ3) is 3.98. The Morgan fingerprint density at radius 1 is 1.14 bits per heavy atom. The van der Waals surface area contributed by atoms with E-state index < -0.39 is 0 Å². The van der Waals surface area contributed by atoms with E-state index in [9.17, 15) is 0 Å². The molecule has 2 aliphatic rings. The van der Waals surface area contributed by atoms with Crippen LogP contribution in [0.4, 0.5) is 5.69 Å². The van der Waals surface area contributed by atoms with Crippen LogP contribution in [0.1, 0.15) is 30.9 Å². The molecule has 1 aliphatic carbocycles. The van der Waals surface area contributed by atoms with Gasteiger partial charge < -0.3 is 10.2 Å². The molecule has 2 fully saturated rings. The first-order valence-electron chi connectivity index (χ1n) is 8.54.